The first-order valence-electron chi connectivity index (χ1n) is 9.08. The van der Waals surface area contributed by atoms with Crippen molar-refractivity contribution in [3.8, 4) is 34.6 Å². The highest BCUT2D eigenvalue weighted by atomic mass is 32.2. The number of pyridine rings is 1. The lowest BCUT2D eigenvalue weighted by Gasteiger charge is -2.17. The Bertz CT molecular complexity index is 1190. The average Bonchev–Trinajstić information content (AvgIpc) is 3.17. The Morgan fingerprint density at radius 2 is 1.74 bits per heavy atom. The standard InChI is InChI=1S/C19H21N5O6S.H2/c1-5-30-15-11-6-8-12(20-15)17-21-22-18(19(25)23-31(4,26)27)24(17)16-13(28-2)9-7-10-14(16)29-3;/h6-11H,5H2,1-4H3,(H,23,25);1H. The fourth-order valence-electron chi connectivity index (χ4n) is 2.84. The molecule has 2 aromatic heterocycles. The zero-order valence-corrected chi connectivity index (χ0v) is 18.1. The first kappa shape index (κ1) is 22.0. The van der Waals surface area contributed by atoms with Gasteiger partial charge in [-0.15, -0.1) is 10.2 Å². The Morgan fingerprint density at radius 1 is 1.10 bits per heavy atom. The molecule has 1 aromatic carbocycles. The second-order valence-electron chi connectivity index (χ2n) is 6.19. The number of nitrogens with zero attached hydrogens (tertiary/aromatic N) is 4. The number of carbonyl (C=O) groups excluding carboxylic acids is 1. The Balaban J connectivity index is 0.00000363. The zero-order valence-electron chi connectivity index (χ0n) is 17.3. The number of ether oxygens (including phenoxy) is 3. The molecule has 0 saturated carbocycles. The van der Waals surface area contributed by atoms with Crippen molar-refractivity contribution in [2.75, 3.05) is 27.1 Å². The van der Waals surface area contributed by atoms with Gasteiger partial charge in [0, 0.05) is 7.49 Å². The van der Waals surface area contributed by atoms with E-state index in [1.165, 1.54) is 18.8 Å². The van der Waals surface area contributed by atoms with E-state index in [1.54, 1.807) is 36.4 Å². The number of nitrogens with one attached hydrogen (secondary N) is 1. The predicted octanol–water partition coefficient (Wildman–Crippen LogP) is 1.68. The van der Waals surface area contributed by atoms with Crippen LogP contribution in [-0.4, -0.2) is 61.2 Å². The minimum atomic E-state index is -3.85. The van der Waals surface area contributed by atoms with Gasteiger partial charge in [-0.1, -0.05) is 12.1 Å². The third-order valence-electron chi connectivity index (χ3n) is 4.01. The van der Waals surface area contributed by atoms with Gasteiger partial charge >= 0.3 is 5.91 Å². The van der Waals surface area contributed by atoms with Crippen LogP contribution in [0.25, 0.3) is 17.2 Å². The third-order valence-corrected chi connectivity index (χ3v) is 4.57. The summed E-state index contributed by atoms with van der Waals surface area (Å²) in [5.41, 5.74) is 0.638. The summed E-state index contributed by atoms with van der Waals surface area (Å²) in [4.78, 5) is 17.1. The highest BCUT2D eigenvalue weighted by Gasteiger charge is 2.28. The van der Waals surface area contributed by atoms with Crippen molar-refractivity contribution >= 4 is 15.9 Å². The van der Waals surface area contributed by atoms with E-state index in [0.717, 1.165) is 6.26 Å². The van der Waals surface area contributed by atoms with Crippen molar-refractivity contribution in [1.29, 1.82) is 0 Å². The molecule has 3 rings (SSSR count). The van der Waals surface area contributed by atoms with Gasteiger partial charge in [0.25, 0.3) is 0 Å². The fourth-order valence-corrected chi connectivity index (χ4v) is 3.27. The fraction of sp³-hybridized carbons (Fsp3) is 0.263. The van der Waals surface area contributed by atoms with Gasteiger partial charge in [0.2, 0.25) is 21.7 Å². The van der Waals surface area contributed by atoms with E-state index in [-0.39, 0.29) is 13.1 Å². The van der Waals surface area contributed by atoms with E-state index in [9.17, 15) is 13.2 Å². The number of hydrogen-bond donors (Lipinski definition) is 1. The number of methoxy groups -OCH3 is 2. The summed E-state index contributed by atoms with van der Waals surface area (Å²) in [5.74, 6) is -0.0850. The average molecular weight is 449 g/mol. The van der Waals surface area contributed by atoms with E-state index < -0.39 is 15.9 Å². The van der Waals surface area contributed by atoms with Gasteiger partial charge in [-0.05, 0) is 25.1 Å². The van der Waals surface area contributed by atoms with E-state index in [0.29, 0.717) is 35.4 Å². The molecule has 0 aliphatic carbocycles. The highest BCUT2D eigenvalue weighted by molar-refractivity contribution is 7.89. The number of carbonyl (C=O) groups is 1. The smallest absolute Gasteiger partial charge is 0.303 e. The Labute approximate surface area is 180 Å². The maximum absolute atomic E-state index is 12.7. The summed E-state index contributed by atoms with van der Waals surface area (Å²) in [6.45, 7) is 2.23. The van der Waals surface area contributed by atoms with Crippen LogP contribution in [0, 0.1) is 0 Å². The van der Waals surface area contributed by atoms with Crippen molar-refractivity contribution in [3.63, 3.8) is 0 Å². The van der Waals surface area contributed by atoms with Gasteiger partial charge in [0.1, 0.15) is 22.9 Å². The summed E-state index contributed by atoms with van der Waals surface area (Å²) >= 11 is 0. The molecule has 1 amide bonds. The van der Waals surface area contributed by atoms with Crippen LogP contribution in [-0.2, 0) is 10.0 Å². The lowest BCUT2D eigenvalue weighted by atomic mass is 10.2. The lowest BCUT2D eigenvalue weighted by Crippen LogP contribution is -2.31. The predicted molar refractivity (Wildman–Crippen MR) is 113 cm³/mol. The van der Waals surface area contributed by atoms with Crippen LogP contribution < -0.4 is 18.9 Å². The zero-order chi connectivity index (χ0) is 22.6. The molecular formula is C19H23N5O6S. The maximum Gasteiger partial charge on any atom is 0.303 e. The van der Waals surface area contributed by atoms with Crippen molar-refractivity contribution in [2.24, 2.45) is 0 Å². The number of sulfonamides is 1. The van der Waals surface area contributed by atoms with Gasteiger partial charge in [-0.2, -0.15) is 0 Å². The number of hydrogen-bond acceptors (Lipinski definition) is 9. The second kappa shape index (κ2) is 9.00. The molecule has 1 N–H and O–H groups in total. The lowest BCUT2D eigenvalue weighted by molar-refractivity contribution is 0.0969. The van der Waals surface area contributed by atoms with Crippen LogP contribution in [0.3, 0.4) is 0 Å². The molecule has 0 radical (unpaired) electrons. The van der Waals surface area contributed by atoms with Gasteiger partial charge in [-0.3, -0.25) is 9.36 Å². The van der Waals surface area contributed by atoms with Crippen LogP contribution in [0.15, 0.2) is 36.4 Å². The molecule has 0 saturated heterocycles. The van der Waals surface area contributed by atoms with Gasteiger partial charge in [-0.25, -0.2) is 18.1 Å². The van der Waals surface area contributed by atoms with Crippen molar-refractivity contribution < 1.29 is 28.8 Å². The number of rotatable bonds is 8. The molecule has 0 unspecified atom stereocenters. The molecular weight excluding hydrogens is 426 g/mol. The molecule has 166 valence electrons. The van der Waals surface area contributed by atoms with Crippen LogP contribution in [0.1, 0.15) is 19.0 Å². The summed E-state index contributed by atoms with van der Waals surface area (Å²) in [5, 5.41) is 8.02. The molecule has 0 aliphatic rings. The van der Waals surface area contributed by atoms with Crippen LogP contribution >= 0.6 is 0 Å². The Morgan fingerprint density at radius 3 is 2.32 bits per heavy atom. The van der Waals surface area contributed by atoms with Crippen molar-refractivity contribution in [2.45, 2.75) is 6.92 Å². The Hall–Kier alpha value is -3.67. The summed E-state index contributed by atoms with van der Waals surface area (Å²) in [7, 11) is -0.948. The second-order valence-corrected chi connectivity index (χ2v) is 7.94. The van der Waals surface area contributed by atoms with E-state index >= 15 is 0 Å². The maximum atomic E-state index is 12.7. The monoisotopic (exact) mass is 449 g/mol. The number of aromatic nitrogens is 4. The number of para-hydroxylation sites is 1. The van der Waals surface area contributed by atoms with Gasteiger partial charge in [0.15, 0.2) is 5.82 Å². The molecule has 0 bridgehead atoms. The number of benzene rings is 1. The quantitative estimate of drug-likeness (QED) is 0.545. The highest BCUT2D eigenvalue weighted by Crippen LogP contribution is 2.36. The molecule has 3 aromatic rings. The molecule has 0 atom stereocenters. The molecule has 0 spiro atoms. The van der Waals surface area contributed by atoms with Gasteiger partial charge < -0.3 is 14.2 Å². The van der Waals surface area contributed by atoms with Gasteiger partial charge in [0.05, 0.1) is 27.1 Å². The van der Waals surface area contributed by atoms with Crippen molar-refractivity contribution in [1.82, 2.24) is 24.5 Å². The summed E-state index contributed by atoms with van der Waals surface area (Å²) < 4.78 is 42.8. The largest absolute Gasteiger partial charge is 0.494 e. The molecule has 0 aliphatic heterocycles. The molecule has 2 heterocycles. The topological polar surface area (TPSA) is 135 Å². The Kier molecular flexibility index (Phi) is 6.39. The third kappa shape index (κ3) is 4.74. The van der Waals surface area contributed by atoms with Crippen molar-refractivity contribution in [3.05, 3.63) is 42.2 Å². The summed E-state index contributed by atoms with van der Waals surface area (Å²) in [6, 6.07) is 10.1. The molecule has 12 heteroatoms. The van der Waals surface area contributed by atoms with E-state index in [4.69, 9.17) is 14.2 Å². The normalized spacial score (nSPS) is 11.1. The number of amides is 1. The molecule has 11 nitrogen and oxygen atoms in total. The van der Waals surface area contributed by atoms with Crippen LogP contribution in [0.2, 0.25) is 0 Å². The summed E-state index contributed by atoms with van der Waals surface area (Å²) in [6.07, 6.45) is 0.864. The first-order valence-corrected chi connectivity index (χ1v) is 11.0. The van der Waals surface area contributed by atoms with Crippen LogP contribution in [0.5, 0.6) is 17.4 Å². The van der Waals surface area contributed by atoms with Crippen LogP contribution in [0.4, 0.5) is 0 Å². The minimum absolute atomic E-state index is 0. The van der Waals surface area contributed by atoms with E-state index in [2.05, 4.69) is 15.2 Å². The minimum Gasteiger partial charge on any atom is -0.494 e. The SMILES string of the molecule is CCOc1cccc(-c2nnc(C(=O)NS(C)(=O)=O)n2-c2c(OC)cccc2OC)n1.[HH]. The molecule has 31 heavy (non-hydrogen) atoms. The van der Waals surface area contributed by atoms with E-state index in [1.807, 2.05) is 11.6 Å². The first-order chi connectivity index (χ1) is 14.8. The molecule has 0 fully saturated rings.